The maximum Gasteiger partial charge on any atom is 0.243 e. The Morgan fingerprint density at radius 1 is 1.18 bits per heavy atom. The van der Waals surface area contributed by atoms with Gasteiger partial charge in [0.1, 0.15) is 0 Å². The molecule has 2 aromatic rings. The fraction of sp³-hybridized carbons (Fsp3) is 0.381. The first kappa shape index (κ1) is 20.8. The van der Waals surface area contributed by atoms with Gasteiger partial charge in [-0.25, -0.2) is 8.42 Å². The lowest BCUT2D eigenvalue weighted by Crippen LogP contribution is -2.43. The van der Waals surface area contributed by atoms with E-state index in [1.165, 1.54) is 4.31 Å². The molecule has 1 N–H and O–H groups in total. The van der Waals surface area contributed by atoms with Crippen molar-refractivity contribution in [3.63, 3.8) is 0 Å². The number of hydrogen-bond donors (Lipinski definition) is 1. The summed E-state index contributed by atoms with van der Waals surface area (Å²) in [7, 11) is -3.64. The van der Waals surface area contributed by atoms with Crippen molar-refractivity contribution in [2.75, 3.05) is 18.4 Å². The highest BCUT2D eigenvalue weighted by Crippen LogP contribution is 2.28. The van der Waals surface area contributed by atoms with E-state index < -0.39 is 15.9 Å². The lowest BCUT2D eigenvalue weighted by atomic mass is 9.98. The molecule has 2 aromatic carbocycles. The molecule has 0 saturated carbocycles. The molecule has 5 nitrogen and oxygen atoms in total. The summed E-state index contributed by atoms with van der Waals surface area (Å²) in [6, 6.07) is 10.8. The molecule has 1 amide bonds. The SMILES string of the molecule is Cc1ccc(C)c(S(=O)(=O)N2CCCC(C(=O)Nc3cccc(Cl)c3C)C2)c1. The summed E-state index contributed by atoms with van der Waals surface area (Å²) < 4.78 is 27.8. The Hall–Kier alpha value is -1.89. The number of rotatable bonds is 4. The Balaban J connectivity index is 1.79. The second kappa shape index (κ2) is 8.23. The molecule has 1 fully saturated rings. The number of carbonyl (C=O) groups is 1. The Labute approximate surface area is 171 Å². The molecule has 1 heterocycles. The fourth-order valence-electron chi connectivity index (χ4n) is 3.48. The molecule has 150 valence electrons. The van der Waals surface area contributed by atoms with Gasteiger partial charge >= 0.3 is 0 Å². The predicted octanol–water partition coefficient (Wildman–Crippen LogP) is 4.30. The van der Waals surface area contributed by atoms with Crippen LogP contribution in [0.3, 0.4) is 0 Å². The molecule has 1 aliphatic heterocycles. The van der Waals surface area contributed by atoms with Crippen molar-refractivity contribution in [3.8, 4) is 0 Å². The maximum absolute atomic E-state index is 13.2. The Morgan fingerprint density at radius 2 is 1.93 bits per heavy atom. The van der Waals surface area contributed by atoms with Crippen molar-refractivity contribution >= 4 is 33.2 Å². The van der Waals surface area contributed by atoms with Gasteiger partial charge in [-0.3, -0.25) is 4.79 Å². The normalized spacial score (nSPS) is 18.1. The Kier molecular flexibility index (Phi) is 6.12. The van der Waals surface area contributed by atoms with Gasteiger partial charge in [0.05, 0.1) is 10.8 Å². The van der Waals surface area contributed by atoms with E-state index in [0.717, 1.165) is 11.1 Å². The van der Waals surface area contributed by atoms with E-state index in [9.17, 15) is 13.2 Å². The van der Waals surface area contributed by atoms with Crippen LogP contribution in [0.1, 0.15) is 29.5 Å². The third kappa shape index (κ3) is 4.24. The summed E-state index contributed by atoms with van der Waals surface area (Å²) in [5.41, 5.74) is 3.07. The number of benzene rings is 2. The first-order chi connectivity index (χ1) is 13.2. The van der Waals surface area contributed by atoms with Crippen LogP contribution < -0.4 is 5.32 Å². The van der Waals surface area contributed by atoms with Crippen LogP contribution in [0.5, 0.6) is 0 Å². The predicted molar refractivity (Wildman–Crippen MR) is 112 cm³/mol. The highest BCUT2D eigenvalue weighted by atomic mass is 35.5. The van der Waals surface area contributed by atoms with Crippen LogP contribution in [0.15, 0.2) is 41.3 Å². The van der Waals surface area contributed by atoms with Crippen LogP contribution in [0.4, 0.5) is 5.69 Å². The molecular formula is C21H25ClN2O3S. The number of anilines is 1. The zero-order valence-electron chi connectivity index (χ0n) is 16.3. The minimum Gasteiger partial charge on any atom is -0.326 e. The minimum atomic E-state index is -3.64. The average Bonchev–Trinajstić information content (AvgIpc) is 2.67. The number of nitrogens with zero attached hydrogens (tertiary/aromatic N) is 1. The summed E-state index contributed by atoms with van der Waals surface area (Å²) in [5.74, 6) is -0.571. The van der Waals surface area contributed by atoms with Crippen molar-refractivity contribution in [1.82, 2.24) is 4.31 Å². The third-order valence-corrected chi connectivity index (χ3v) is 7.66. The zero-order valence-corrected chi connectivity index (χ0v) is 17.9. The van der Waals surface area contributed by atoms with E-state index in [2.05, 4.69) is 5.32 Å². The van der Waals surface area contributed by atoms with E-state index in [-0.39, 0.29) is 12.5 Å². The standard InChI is InChI=1S/C21H25ClN2O3S/c1-14-9-10-15(2)20(12-14)28(26,27)24-11-5-6-17(13-24)21(25)23-19-8-4-7-18(22)16(19)3/h4,7-10,12,17H,5-6,11,13H2,1-3H3,(H,23,25). The second-order valence-electron chi connectivity index (χ2n) is 7.37. The molecule has 0 bridgehead atoms. The van der Waals surface area contributed by atoms with E-state index in [1.807, 2.05) is 26.0 Å². The van der Waals surface area contributed by atoms with Gasteiger partial charge in [0.25, 0.3) is 0 Å². The van der Waals surface area contributed by atoms with Crippen molar-refractivity contribution < 1.29 is 13.2 Å². The van der Waals surface area contributed by atoms with Crippen LogP contribution in [-0.4, -0.2) is 31.7 Å². The molecule has 0 spiro atoms. The van der Waals surface area contributed by atoms with Crippen molar-refractivity contribution in [2.24, 2.45) is 5.92 Å². The lowest BCUT2D eigenvalue weighted by molar-refractivity contribution is -0.120. The third-order valence-electron chi connectivity index (χ3n) is 5.24. The van der Waals surface area contributed by atoms with E-state index >= 15 is 0 Å². The van der Waals surface area contributed by atoms with Gasteiger partial charge in [0.15, 0.2) is 0 Å². The van der Waals surface area contributed by atoms with Crippen molar-refractivity contribution in [1.29, 1.82) is 0 Å². The monoisotopic (exact) mass is 420 g/mol. The first-order valence-electron chi connectivity index (χ1n) is 9.33. The van der Waals surface area contributed by atoms with Gasteiger partial charge in [0, 0.05) is 23.8 Å². The van der Waals surface area contributed by atoms with Crippen LogP contribution in [0, 0.1) is 26.7 Å². The van der Waals surface area contributed by atoms with Crippen LogP contribution in [0.25, 0.3) is 0 Å². The number of nitrogens with one attached hydrogen (secondary N) is 1. The second-order valence-corrected chi connectivity index (χ2v) is 9.69. The number of amides is 1. The summed E-state index contributed by atoms with van der Waals surface area (Å²) >= 11 is 6.12. The van der Waals surface area contributed by atoms with E-state index in [0.29, 0.717) is 40.6 Å². The summed E-state index contributed by atoms with van der Waals surface area (Å²) in [4.78, 5) is 13.1. The van der Waals surface area contributed by atoms with Crippen LogP contribution in [-0.2, 0) is 14.8 Å². The zero-order chi connectivity index (χ0) is 20.5. The number of aryl methyl sites for hydroxylation is 2. The molecule has 0 aliphatic carbocycles. The molecule has 1 atom stereocenters. The number of halogens is 1. The first-order valence-corrected chi connectivity index (χ1v) is 11.2. The van der Waals surface area contributed by atoms with Crippen molar-refractivity contribution in [3.05, 3.63) is 58.1 Å². The largest absolute Gasteiger partial charge is 0.326 e. The highest BCUT2D eigenvalue weighted by molar-refractivity contribution is 7.89. The molecule has 7 heteroatoms. The molecule has 1 unspecified atom stereocenters. The molecule has 0 radical (unpaired) electrons. The summed E-state index contributed by atoms with van der Waals surface area (Å²) in [5, 5.41) is 3.49. The molecular weight excluding hydrogens is 396 g/mol. The minimum absolute atomic E-state index is 0.175. The van der Waals surface area contributed by atoms with Gasteiger partial charge in [-0.05, 0) is 68.5 Å². The smallest absolute Gasteiger partial charge is 0.243 e. The number of piperidine rings is 1. The topological polar surface area (TPSA) is 66.5 Å². The number of sulfonamides is 1. The van der Waals surface area contributed by atoms with Gasteiger partial charge in [-0.1, -0.05) is 29.8 Å². The van der Waals surface area contributed by atoms with Gasteiger partial charge < -0.3 is 5.32 Å². The quantitative estimate of drug-likeness (QED) is 0.801. The molecule has 1 saturated heterocycles. The average molecular weight is 421 g/mol. The Bertz CT molecular complexity index is 1000. The molecule has 28 heavy (non-hydrogen) atoms. The van der Waals surface area contributed by atoms with Gasteiger partial charge in [0.2, 0.25) is 15.9 Å². The molecule has 1 aliphatic rings. The van der Waals surface area contributed by atoms with Gasteiger partial charge in [-0.2, -0.15) is 4.31 Å². The number of carbonyl (C=O) groups excluding carboxylic acids is 1. The van der Waals surface area contributed by atoms with Crippen molar-refractivity contribution in [2.45, 2.75) is 38.5 Å². The summed E-state index contributed by atoms with van der Waals surface area (Å²) in [6.45, 7) is 6.12. The molecule has 0 aromatic heterocycles. The molecule has 3 rings (SSSR count). The van der Waals surface area contributed by atoms with Gasteiger partial charge in [-0.15, -0.1) is 0 Å². The van der Waals surface area contributed by atoms with Crippen LogP contribution >= 0.6 is 11.6 Å². The fourth-order valence-corrected chi connectivity index (χ4v) is 5.48. The highest BCUT2D eigenvalue weighted by Gasteiger charge is 2.34. The van der Waals surface area contributed by atoms with E-state index in [4.69, 9.17) is 11.6 Å². The lowest BCUT2D eigenvalue weighted by Gasteiger charge is -2.31. The Morgan fingerprint density at radius 3 is 2.68 bits per heavy atom. The number of hydrogen-bond acceptors (Lipinski definition) is 3. The van der Waals surface area contributed by atoms with E-state index in [1.54, 1.807) is 31.2 Å². The maximum atomic E-state index is 13.2. The van der Waals surface area contributed by atoms with Crippen LogP contribution in [0.2, 0.25) is 5.02 Å². The summed E-state index contributed by atoms with van der Waals surface area (Å²) in [6.07, 6.45) is 1.31.